The second kappa shape index (κ2) is 9.84. The van der Waals surface area contributed by atoms with Crippen LogP contribution in [-0.2, 0) is 19.6 Å². The van der Waals surface area contributed by atoms with Gasteiger partial charge in [-0.2, -0.15) is 0 Å². The molecule has 1 heterocycles. The lowest BCUT2D eigenvalue weighted by Gasteiger charge is -2.14. The van der Waals surface area contributed by atoms with Crippen molar-refractivity contribution in [1.29, 1.82) is 0 Å². The number of nitrogens with zero attached hydrogens (tertiary/aromatic N) is 1. The standard InChI is InChI=1S/C23H21N3O4S.ClH/c1-30-22(27)14-15-31(28,29)26-17-12-10-16(11-13-17)24-23-18-6-2-4-8-20(18)25-21-9-5-3-7-19(21)23;/h2-13,26H,14-15H2,1H3,(H,24,25);1H. The number of halogens is 1. The molecule has 166 valence electrons. The second-order valence-corrected chi connectivity index (χ2v) is 8.81. The molecular weight excluding hydrogens is 450 g/mol. The maximum atomic E-state index is 12.1. The Bertz CT molecular complexity index is 1310. The van der Waals surface area contributed by atoms with E-state index < -0.39 is 16.0 Å². The number of methoxy groups -OCH3 is 1. The molecule has 3 aromatic carbocycles. The van der Waals surface area contributed by atoms with Crippen LogP contribution in [0, 0.1) is 0 Å². The predicted octanol–water partition coefficient (Wildman–Crippen LogP) is 4.86. The summed E-state index contributed by atoms with van der Waals surface area (Å²) in [7, 11) is -2.42. The van der Waals surface area contributed by atoms with Crippen LogP contribution in [0.15, 0.2) is 72.8 Å². The van der Waals surface area contributed by atoms with E-state index in [9.17, 15) is 13.2 Å². The zero-order valence-corrected chi connectivity index (χ0v) is 18.9. The van der Waals surface area contributed by atoms with Crippen LogP contribution in [0.5, 0.6) is 0 Å². The quantitative estimate of drug-likeness (QED) is 0.295. The van der Waals surface area contributed by atoms with E-state index in [1.54, 1.807) is 24.3 Å². The summed E-state index contributed by atoms with van der Waals surface area (Å²) in [5.74, 6) is -0.906. The van der Waals surface area contributed by atoms with Gasteiger partial charge in [0.2, 0.25) is 10.0 Å². The molecule has 0 bridgehead atoms. The molecule has 0 atom stereocenters. The summed E-state index contributed by atoms with van der Waals surface area (Å²) in [5.41, 5.74) is 3.93. The largest absolute Gasteiger partial charge is 0.469 e. The van der Waals surface area contributed by atoms with E-state index in [1.807, 2.05) is 48.5 Å². The van der Waals surface area contributed by atoms with Gasteiger partial charge in [0.05, 0.1) is 36.0 Å². The second-order valence-electron chi connectivity index (χ2n) is 6.97. The third kappa shape index (κ3) is 5.27. The van der Waals surface area contributed by atoms with Gasteiger partial charge < -0.3 is 10.1 Å². The molecule has 2 N–H and O–H groups in total. The van der Waals surface area contributed by atoms with Gasteiger partial charge in [0.15, 0.2) is 0 Å². The van der Waals surface area contributed by atoms with Crippen molar-refractivity contribution in [3.8, 4) is 0 Å². The Kier molecular flexibility index (Phi) is 7.17. The van der Waals surface area contributed by atoms with Crippen LogP contribution in [0.3, 0.4) is 0 Å². The highest BCUT2D eigenvalue weighted by Crippen LogP contribution is 2.33. The molecule has 0 radical (unpaired) electrons. The van der Waals surface area contributed by atoms with Crippen molar-refractivity contribution >= 4 is 67.3 Å². The summed E-state index contributed by atoms with van der Waals surface area (Å²) < 4.78 is 31.3. The Morgan fingerprint density at radius 2 is 1.41 bits per heavy atom. The number of hydrogen-bond donors (Lipinski definition) is 2. The predicted molar refractivity (Wildman–Crippen MR) is 130 cm³/mol. The number of nitrogens with one attached hydrogen (secondary N) is 2. The van der Waals surface area contributed by atoms with Gasteiger partial charge in [-0.25, -0.2) is 13.4 Å². The van der Waals surface area contributed by atoms with E-state index in [1.165, 1.54) is 7.11 Å². The van der Waals surface area contributed by atoms with Crippen LogP contribution < -0.4 is 10.0 Å². The zero-order chi connectivity index (χ0) is 21.8. The molecule has 0 aliphatic heterocycles. The number of ether oxygens (including phenoxy) is 1. The van der Waals surface area contributed by atoms with Crippen molar-refractivity contribution in [2.75, 3.05) is 22.9 Å². The van der Waals surface area contributed by atoms with Crippen LogP contribution in [0.25, 0.3) is 21.8 Å². The molecule has 4 rings (SSSR count). The van der Waals surface area contributed by atoms with E-state index in [-0.39, 0.29) is 24.6 Å². The fourth-order valence-electron chi connectivity index (χ4n) is 3.29. The van der Waals surface area contributed by atoms with Crippen molar-refractivity contribution in [1.82, 2.24) is 4.98 Å². The molecule has 0 saturated carbocycles. The third-order valence-electron chi connectivity index (χ3n) is 4.82. The van der Waals surface area contributed by atoms with Gasteiger partial charge >= 0.3 is 5.97 Å². The number of aromatic nitrogens is 1. The summed E-state index contributed by atoms with van der Waals surface area (Å²) in [4.78, 5) is 15.9. The van der Waals surface area contributed by atoms with Crippen LogP contribution in [0.2, 0.25) is 0 Å². The topological polar surface area (TPSA) is 97.4 Å². The first-order valence-electron chi connectivity index (χ1n) is 9.67. The van der Waals surface area contributed by atoms with Crippen LogP contribution in [0.4, 0.5) is 17.1 Å². The third-order valence-corrected chi connectivity index (χ3v) is 6.11. The maximum Gasteiger partial charge on any atom is 0.306 e. The van der Waals surface area contributed by atoms with Crippen molar-refractivity contribution in [2.45, 2.75) is 6.42 Å². The molecule has 4 aromatic rings. The molecular formula is C23H22ClN3O4S. The molecule has 1 aromatic heterocycles. The lowest BCUT2D eigenvalue weighted by molar-refractivity contribution is -0.140. The number of fused-ring (bicyclic) bond motifs is 2. The molecule has 0 spiro atoms. The number of carbonyl (C=O) groups excluding carboxylic acids is 1. The number of anilines is 3. The van der Waals surface area contributed by atoms with Gasteiger partial charge in [-0.3, -0.25) is 9.52 Å². The smallest absolute Gasteiger partial charge is 0.306 e. The molecule has 0 aliphatic carbocycles. The van der Waals surface area contributed by atoms with E-state index in [0.717, 1.165) is 33.2 Å². The minimum Gasteiger partial charge on any atom is -0.469 e. The Hall–Kier alpha value is -3.36. The first-order chi connectivity index (χ1) is 14.9. The van der Waals surface area contributed by atoms with Crippen LogP contribution in [-0.4, -0.2) is 32.2 Å². The minimum atomic E-state index is -3.65. The van der Waals surface area contributed by atoms with Gasteiger partial charge in [-0.15, -0.1) is 12.4 Å². The van der Waals surface area contributed by atoms with Crippen molar-refractivity contribution in [3.05, 3.63) is 72.8 Å². The lowest BCUT2D eigenvalue weighted by atomic mass is 10.1. The Morgan fingerprint density at radius 1 is 0.875 bits per heavy atom. The fraction of sp³-hybridized carbons (Fsp3) is 0.130. The van der Waals surface area contributed by atoms with Crippen LogP contribution in [0.1, 0.15) is 6.42 Å². The summed E-state index contributed by atoms with van der Waals surface area (Å²) >= 11 is 0. The summed E-state index contributed by atoms with van der Waals surface area (Å²) in [6.07, 6.45) is -0.201. The average molecular weight is 472 g/mol. The zero-order valence-electron chi connectivity index (χ0n) is 17.2. The SMILES string of the molecule is COC(=O)CCS(=O)(=O)Nc1ccc(Nc2c3ccccc3nc3ccccc23)cc1.Cl. The molecule has 0 amide bonds. The Balaban J connectivity index is 0.00000289. The van der Waals surface area contributed by atoms with E-state index >= 15 is 0 Å². The Labute approximate surface area is 192 Å². The van der Waals surface area contributed by atoms with E-state index in [4.69, 9.17) is 4.98 Å². The first-order valence-corrected chi connectivity index (χ1v) is 11.3. The number of para-hydroxylation sites is 2. The molecule has 0 unspecified atom stereocenters. The van der Waals surface area contributed by atoms with Crippen molar-refractivity contribution < 1.29 is 17.9 Å². The fourth-order valence-corrected chi connectivity index (χ4v) is 4.32. The van der Waals surface area contributed by atoms with Gasteiger partial charge in [0.25, 0.3) is 0 Å². The van der Waals surface area contributed by atoms with Gasteiger partial charge in [-0.1, -0.05) is 36.4 Å². The molecule has 9 heteroatoms. The van der Waals surface area contributed by atoms with E-state index in [0.29, 0.717) is 5.69 Å². The average Bonchev–Trinajstić information content (AvgIpc) is 2.78. The summed E-state index contributed by atoms with van der Waals surface area (Å²) in [5, 5.41) is 5.44. The Morgan fingerprint density at radius 3 is 1.97 bits per heavy atom. The maximum absolute atomic E-state index is 12.1. The number of benzene rings is 3. The normalized spacial score (nSPS) is 11.0. The summed E-state index contributed by atoms with van der Waals surface area (Å²) in [6, 6.07) is 22.7. The van der Waals surface area contributed by atoms with Crippen molar-refractivity contribution in [2.24, 2.45) is 0 Å². The number of pyridine rings is 1. The molecule has 0 saturated heterocycles. The van der Waals surface area contributed by atoms with E-state index in [2.05, 4.69) is 14.8 Å². The number of rotatable bonds is 7. The van der Waals surface area contributed by atoms with Gasteiger partial charge in [0.1, 0.15) is 0 Å². The lowest BCUT2D eigenvalue weighted by Crippen LogP contribution is -2.19. The minimum absolute atomic E-state index is 0. The highest BCUT2D eigenvalue weighted by atomic mass is 35.5. The molecule has 7 nitrogen and oxygen atoms in total. The van der Waals surface area contributed by atoms with Crippen LogP contribution >= 0.6 is 12.4 Å². The summed E-state index contributed by atoms with van der Waals surface area (Å²) in [6.45, 7) is 0. The number of hydrogen-bond acceptors (Lipinski definition) is 6. The monoisotopic (exact) mass is 471 g/mol. The highest BCUT2D eigenvalue weighted by molar-refractivity contribution is 7.92. The van der Waals surface area contributed by atoms with Crippen molar-refractivity contribution in [3.63, 3.8) is 0 Å². The van der Waals surface area contributed by atoms with Gasteiger partial charge in [-0.05, 0) is 36.4 Å². The number of esters is 1. The first kappa shape index (κ1) is 23.3. The number of carbonyl (C=O) groups is 1. The molecule has 32 heavy (non-hydrogen) atoms. The highest BCUT2D eigenvalue weighted by Gasteiger charge is 2.14. The molecule has 0 fully saturated rings. The number of sulfonamides is 1. The van der Waals surface area contributed by atoms with Gasteiger partial charge in [0, 0.05) is 22.1 Å². The molecule has 0 aliphatic rings.